The maximum atomic E-state index is 5.40. The lowest BCUT2D eigenvalue weighted by molar-refractivity contribution is 0.415. The molecular formula is C20H20N4O. The molecule has 0 atom stereocenters. The molecule has 0 saturated heterocycles. The van der Waals surface area contributed by atoms with Crippen LogP contribution >= 0.6 is 0 Å². The number of aryl methyl sites for hydroxylation is 1. The van der Waals surface area contributed by atoms with Crippen molar-refractivity contribution < 1.29 is 4.74 Å². The maximum Gasteiger partial charge on any atom is 0.119 e. The molecule has 1 N–H and O–H groups in total. The van der Waals surface area contributed by atoms with Crippen LogP contribution in [-0.2, 0) is 6.54 Å². The summed E-state index contributed by atoms with van der Waals surface area (Å²) >= 11 is 0. The molecule has 2 aromatic carbocycles. The Balaban J connectivity index is 1.67. The third kappa shape index (κ3) is 3.13. The van der Waals surface area contributed by atoms with E-state index in [1.54, 1.807) is 7.11 Å². The van der Waals surface area contributed by atoms with Crippen molar-refractivity contribution >= 4 is 27.5 Å². The number of pyridine rings is 1. The van der Waals surface area contributed by atoms with Gasteiger partial charge in [-0.1, -0.05) is 18.2 Å². The molecular weight excluding hydrogens is 312 g/mol. The van der Waals surface area contributed by atoms with Crippen LogP contribution in [0.1, 0.15) is 6.42 Å². The van der Waals surface area contributed by atoms with Crippen LogP contribution in [0.5, 0.6) is 5.75 Å². The van der Waals surface area contributed by atoms with E-state index in [9.17, 15) is 0 Å². The minimum absolute atomic E-state index is 0.839. The number of nitrogens with one attached hydrogen (secondary N) is 1. The molecule has 5 heteroatoms. The SMILES string of the molecule is COc1ccc2nc3ccccc3c(NCCCn3ccnc3)c2c1. The monoisotopic (exact) mass is 332 g/mol. The predicted octanol–water partition coefficient (Wildman–Crippen LogP) is 4.10. The van der Waals surface area contributed by atoms with E-state index in [-0.39, 0.29) is 0 Å². The first-order chi connectivity index (χ1) is 12.3. The summed E-state index contributed by atoms with van der Waals surface area (Å²) in [7, 11) is 1.69. The molecule has 0 unspecified atom stereocenters. The van der Waals surface area contributed by atoms with E-state index in [1.165, 1.54) is 0 Å². The highest BCUT2D eigenvalue weighted by atomic mass is 16.5. The number of methoxy groups -OCH3 is 1. The molecule has 0 fully saturated rings. The Bertz CT molecular complexity index is 995. The van der Waals surface area contributed by atoms with Gasteiger partial charge in [0.25, 0.3) is 0 Å². The summed E-state index contributed by atoms with van der Waals surface area (Å²) in [6.07, 6.45) is 6.66. The van der Waals surface area contributed by atoms with E-state index >= 15 is 0 Å². The number of anilines is 1. The average Bonchev–Trinajstić information content (AvgIpc) is 3.17. The van der Waals surface area contributed by atoms with Gasteiger partial charge in [0.15, 0.2) is 0 Å². The van der Waals surface area contributed by atoms with E-state index in [1.807, 2.05) is 49.1 Å². The highest BCUT2D eigenvalue weighted by molar-refractivity contribution is 6.07. The second kappa shape index (κ2) is 6.81. The van der Waals surface area contributed by atoms with Gasteiger partial charge in [-0.2, -0.15) is 0 Å². The minimum atomic E-state index is 0.839. The molecule has 0 amide bonds. The largest absolute Gasteiger partial charge is 0.497 e. The molecule has 5 nitrogen and oxygen atoms in total. The summed E-state index contributed by atoms with van der Waals surface area (Å²) in [5.74, 6) is 0.839. The van der Waals surface area contributed by atoms with Gasteiger partial charge in [-0.3, -0.25) is 0 Å². The van der Waals surface area contributed by atoms with E-state index in [0.717, 1.165) is 52.8 Å². The number of para-hydroxylation sites is 1. The van der Waals surface area contributed by atoms with Crippen molar-refractivity contribution in [3.05, 3.63) is 61.2 Å². The van der Waals surface area contributed by atoms with Gasteiger partial charge in [0, 0.05) is 36.3 Å². The summed E-state index contributed by atoms with van der Waals surface area (Å²) in [6.45, 7) is 1.82. The fourth-order valence-electron chi connectivity index (χ4n) is 3.08. The number of benzene rings is 2. The van der Waals surface area contributed by atoms with Crippen molar-refractivity contribution in [3.63, 3.8) is 0 Å². The predicted molar refractivity (Wildman–Crippen MR) is 101 cm³/mol. The minimum Gasteiger partial charge on any atom is -0.497 e. The zero-order chi connectivity index (χ0) is 17.1. The van der Waals surface area contributed by atoms with Crippen LogP contribution in [0.4, 0.5) is 5.69 Å². The molecule has 2 heterocycles. The highest BCUT2D eigenvalue weighted by Gasteiger charge is 2.09. The Hall–Kier alpha value is -3.08. The fraction of sp³-hybridized carbons (Fsp3) is 0.200. The number of aromatic nitrogens is 3. The lowest BCUT2D eigenvalue weighted by Gasteiger charge is -2.14. The lowest BCUT2D eigenvalue weighted by Crippen LogP contribution is -2.07. The van der Waals surface area contributed by atoms with Gasteiger partial charge in [-0.15, -0.1) is 0 Å². The number of hydrogen-bond donors (Lipinski definition) is 1. The van der Waals surface area contributed by atoms with Crippen molar-refractivity contribution in [1.82, 2.24) is 14.5 Å². The third-order valence-electron chi connectivity index (χ3n) is 4.34. The van der Waals surface area contributed by atoms with Gasteiger partial charge >= 0.3 is 0 Å². The summed E-state index contributed by atoms with van der Waals surface area (Å²) in [5.41, 5.74) is 3.08. The lowest BCUT2D eigenvalue weighted by atomic mass is 10.1. The van der Waals surface area contributed by atoms with Crippen molar-refractivity contribution in [3.8, 4) is 5.75 Å². The van der Waals surface area contributed by atoms with Crippen LogP contribution < -0.4 is 10.1 Å². The molecule has 0 radical (unpaired) electrons. The number of ether oxygens (including phenoxy) is 1. The van der Waals surface area contributed by atoms with Gasteiger partial charge in [0.2, 0.25) is 0 Å². The van der Waals surface area contributed by atoms with E-state index in [4.69, 9.17) is 9.72 Å². The average molecular weight is 332 g/mol. The van der Waals surface area contributed by atoms with Crippen LogP contribution in [0.25, 0.3) is 21.8 Å². The number of hydrogen-bond acceptors (Lipinski definition) is 4. The Morgan fingerprint density at radius 3 is 2.80 bits per heavy atom. The van der Waals surface area contributed by atoms with Crippen molar-refractivity contribution in [2.75, 3.05) is 19.0 Å². The summed E-state index contributed by atoms with van der Waals surface area (Å²) in [4.78, 5) is 8.86. The molecule has 25 heavy (non-hydrogen) atoms. The Morgan fingerprint density at radius 1 is 1.08 bits per heavy atom. The molecule has 2 aromatic heterocycles. The molecule has 4 aromatic rings. The first kappa shape index (κ1) is 15.4. The van der Waals surface area contributed by atoms with Crippen LogP contribution in [0.3, 0.4) is 0 Å². The molecule has 0 aliphatic rings. The number of fused-ring (bicyclic) bond motifs is 2. The maximum absolute atomic E-state index is 5.40. The summed E-state index contributed by atoms with van der Waals surface area (Å²) in [5, 5.41) is 5.83. The molecule has 0 spiro atoms. The molecule has 0 bridgehead atoms. The van der Waals surface area contributed by atoms with Crippen LogP contribution in [0, 0.1) is 0 Å². The molecule has 4 rings (SSSR count). The zero-order valence-electron chi connectivity index (χ0n) is 14.1. The first-order valence-corrected chi connectivity index (χ1v) is 8.41. The standard InChI is InChI=1S/C20H20N4O/c1-25-15-7-8-19-17(13-15)20(16-5-2-3-6-18(16)23-19)22-9-4-11-24-12-10-21-14-24/h2-3,5-8,10,12-14H,4,9,11H2,1H3,(H,22,23). The topological polar surface area (TPSA) is 52.0 Å². The Labute approximate surface area is 146 Å². The van der Waals surface area contributed by atoms with Crippen LogP contribution in [-0.4, -0.2) is 28.2 Å². The van der Waals surface area contributed by atoms with E-state index < -0.39 is 0 Å². The van der Waals surface area contributed by atoms with Crippen molar-refractivity contribution in [1.29, 1.82) is 0 Å². The zero-order valence-corrected chi connectivity index (χ0v) is 14.1. The number of imidazole rings is 1. The Morgan fingerprint density at radius 2 is 1.96 bits per heavy atom. The van der Waals surface area contributed by atoms with Crippen molar-refractivity contribution in [2.45, 2.75) is 13.0 Å². The fourth-order valence-corrected chi connectivity index (χ4v) is 3.08. The van der Waals surface area contributed by atoms with Gasteiger partial charge in [0.1, 0.15) is 5.75 Å². The van der Waals surface area contributed by atoms with Crippen molar-refractivity contribution in [2.24, 2.45) is 0 Å². The molecule has 0 aliphatic heterocycles. The third-order valence-corrected chi connectivity index (χ3v) is 4.34. The summed E-state index contributed by atoms with van der Waals surface area (Å²) in [6, 6.07) is 14.2. The second-order valence-electron chi connectivity index (χ2n) is 5.97. The second-order valence-corrected chi connectivity index (χ2v) is 5.97. The summed E-state index contributed by atoms with van der Waals surface area (Å²) < 4.78 is 7.49. The van der Waals surface area contributed by atoms with E-state index in [0.29, 0.717) is 0 Å². The van der Waals surface area contributed by atoms with Gasteiger partial charge < -0.3 is 14.6 Å². The highest BCUT2D eigenvalue weighted by Crippen LogP contribution is 2.32. The normalized spacial score (nSPS) is 11.1. The van der Waals surface area contributed by atoms with E-state index in [2.05, 4.69) is 27.0 Å². The smallest absolute Gasteiger partial charge is 0.119 e. The first-order valence-electron chi connectivity index (χ1n) is 8.41. The number of rotatable bonds is 6. The van der Waals surface area contributed by atoms with Gasteiger partial charge in [-0.05, 0) is 30.7 Å². The molecule has 0 aliphatic carbocycles. The molecule has 0 saturated carbocycles. The number of nitrogens with zero attached hydrogens (tertiary/aromatic N) is 3. The molecule has 126 valence electrons. The quantitative estimate of drug-likeness (QED) is 0.427. The Kier molecular flexibility index (Phi) is 4.21. The van der Waals surface area contributed by atoms with Crippen LogP contribution in [0.2, 0.25) is 0 Å². The van der Waals surface area contributed by atoms with Gasteiger partial charge in [0.05, 0.1) is 30.2 Å². The van der Waals surface area contributed by atoms with Crippen LogP contribution in [0.15, 0.2) is 61.2 Å². The van der Waals surface area contributed by atoms with Gasteiger partial charge in [-0.25, -0.2) is 9.97 Å².